The number of aromatic nitrogens is 3. The third kappa shape index (κ3) is 3.41. The Morgan fingerprint density at radius 3 is 2.80 bits per heavy atom. The zero-order chi connectivity index (χ0) is 14.4. The van der Waals surface area contributed by atoms with Crippen molar-refractivity contribution >= 4 is 23.4 Å². The molecule has 0 bridgehead atoms. The second-order valence-electron chi connectivity index (χ2n) is 3.93. The maximum Gasteiger partial charge on any atom is 0.269 e. The predicted octanol–water partition coefficient (Wildman–Crippen LogP) is 1.41. The highest BCUT2D eigenvalue weighted by molar-refractivity contribution is 5.93. The molecule has 0 radical (unpaired) electrons. The number of hydrogen-bond acceptors (Lipinski definition) is 6. The average molecular weight is 272 g/mol. The summed E-state index contributed by atoms with van der Waals surface area (Å²) in [5.74, 6) is 0.950. The van der Waals surface area contributed by atoms with E-state index in [-0.39, 0.29) is 5.91 Å². The minimum absolute atomic E-state index is 0.207. The highest BCUT2D eigenvalue weighted by Crippen LogP contribution is 2.14. The third-order valence-electron chi connectivity index (χ3n) is 2.50. The number of nitrogens with one attached hydrogen (secondary N) is 3. The van der Waals surface area contributed by atoms with E-state index in [9.17, 15) is 4.79 Å². The lowest BCUT2D eigenvalue weighted by molar-refractivity contribution is 0.0951. The number of anilines is 3. The minimum atomic E-state index is -0.207. The molecule has 7 nitrogen and oxygen atoms in total. The van der Waals surface area contributed by atoms with Gasteiger partial charge in [-0.3, -0.25) is 9.78 Å². The highest BCUT2D eigenvalue weighted by atomic mass is 16.1. The van der Waals surface area contributed by atoms with Gasteiger partial charge >= 0.3 is 0 Å². The van der Waals surface area contributed by atoms with Gasteiger partial charge < -0.3 is 16.0 Å². The summed E-state index contributed by atoms with van der Waals surface area (Å²) in [6.45, 7) is 2.42. The normalized spacial score (nSPS) is 9.90. The summed E-state index contributed by atoms with van der Waals surface area (Å²) in [5.41, 5.74) is 1.05. The van der Waals surface area contributed by atoms with E-state index in [1.54, 1.807) is 37.6 Å². The zero-order valence-electron chi connectivity index (χ0n) is 11.3. The lowest BCUT2D eigenvalue weighted by atomic mass is 10.3. The van der Waals surface area contributed by atoms with Gasteiger partial charge in [-0.05, 0) is 25.1 Å². The van der Waals surface area contributed by atoms with Gasteiger partial charge in [-0.25, -0.2) is 4.98 Å². The molecular formula is C13H16N6O. The van der Waals surface area contributed by atoms with E-state index in [1.165, 1.54) is 0 Å². The molecule has 0 aliphatic carbocycles. The van der Waals surface area contributed by atoms with Gasteiger partial charge in [0.15, 0.2) is 0 Å². The van der Waals surface area contributed by atoms with Gasteiger partial charge in [-0.1, -0.05) is 0 Å². The molecule has 0 aliphatic heterocycles. The van der Waals surface area contributed by atoms with Crippen molar-refractivity contribution in [2.24, 2.45) is 0 Å². The van der Waals surface area contributed by atoms with Crippen molar-refractivity contribution in [3.63, 3.8) is 0 Å². The molecule has 0 saturated heterocycles. The topological polar surface area (TPSA) is 91.8 Å². The fraction of sp³-hybridized carbons (Fsp3) is 0.231. The number of amides is 1. The van der Waals surface area contributed by atoms with E-state index in [1.807, 2.05) is 6.92 Å². The standard InChI is InChI=1S/C13H16N6O/c1-3-15-12(20)10-8-9(4-6-16-10)18-13-17-7-5-11(14-2)19-13/h4-8H,3H2,1-2H3,(H,15,20)(H2,14,16,17,18,19). The Balaban J connectivity index is 2.16. The lowest BCUT2D eigenvalue weighted by Gasteiger charge is -2.07. The molecule has 0 aromatic carbocycles. The molecule has 0 fully saturated rings. The third-order valence-corrected chi connectivity index (χ3v) is 2.50. The molecule has 0 saturated carbocycles. The number of pyridine rings is 1. The molecule has 2 aromatic heterocycles. The fourth-order valence-corrected chi connectivity index (χ4v) is 1.57. The first-order chi connectivity index (χ1) is 9.72. The summed E-state index contributed by atoms with van der Waals surface area (Å²) < 4.78 is 0. The van der Waals surface area contributed by atoms with E-state index >= 15 is 0 Å². The van der Waals surface area contributed by atoms with E-state index in [4.69, 9.17) is 0 Å². The molecule has 2 heterocycles. The highest BCUT2D eigenvalue weighted by Gasteiger charge is 2.07. The largest absolute Gasteiger partial charge is 0.373 e. The second kappa shape index (κ2) is 6.46. The van der Waals surface area contributed by atoms with Crippen molar-refractivity contribution in [1.29, 1.82) is 0 Å². The second-order valence-corrected chi connectivity index (χ2v) is 3.93. The Bertz CT molecular complexity index is 601. The zero-order valence-corrected chi connectivity index (χ0v) is 11.3. The summed E-state index contributed by atoms with van der Waals surface area (Å²) in [4.78, 5) is 24.1. The maximum absolute atomic E-state index is 11.7. The quantitative estimate of drug-likeness (QED) is 0.762. The average Bonchev–Trinajstić information content (AvgIpc) is 2.48. The monoisotopic (exact) mass is 272 g/mol. The Kier molecular flexibility index (Phi) is 4.43. The molecule has 2 rings (SSSR count). The van der Waals surface area contributed by atoms with Crippen LogP contribution in [0.25, 0.3) is 0 Å². The van der Waals surface area contributed by atoms with E-state index in [0.717, 1.165) is 0 Å². The number of rotatable bonds is 5. The van der Waals surface area contributed by atoms with Crippen LogP contribution in [0.5, 0.6) is 0 Å². The van der Waals surface area contributed by atoms with Crippen LogP contribution in [0.4, 0.5) is 17.5 Å². The fourth-order valence-electron chi connectivity index (χ4n) is 1.57. The van der Waals surface area contributed by atoms with E-state index in [0.29, 0.717) is 29.7 Å². The number of hydrogen-bond donors (Lipinski definition) is 3. The molecule has 0 unspecified atom stereocenters. The van der Waals surface area contributed by atoms with Gasteiger partial charge in [0.05, 0.1) is 0 Å². The summed E-state index contributed by atoms with van der Waals surface area (Å²) in [7, 11) is 1.78. The minimum Gasteiger partial charge on any atom is -0.373 e. The first-order valence-electron chi connectivity index (χ1n) is 6.25. The molecule has 0 spiro atoms. The van der Waals surface area contributed by atoms with Crippen molar-refractivity contribution in [2.45, 2.75) is 6.92 Å². The van der Waals surface area contributed by atoms with Crippen LogP contribution in [-0.4, -0.2) is 34.5 Å². The van der Waals surface area contributed by atoms with Gasteiger partial charge in [-0.15, -0.1) is 0 Å². The summed E-state index contributed by atoms with van der Waals surface area (Å²) >= 11 is 0. The van der Waals surface area contributed by atoms with Crippen LogP contribution in [0.3, 0.4) is 0 Å². The lowest BCUT2D eigenvalue weighted by Crippen LogP contribution is -2.23. The SMILES string of the molecule is CCNC(=O)c1cc(Nc2nccc(NC)n2)ccn1. The predicted molar refractivity (Wildman–Crippen MR) is 77.1 cm³/mol. The van der Waals surface area contributed by atoms with Gasteiger partial charge in [0.2, 0.25) is 5.95 Å². The molecule has 0 atom stereocenters. The molecule has 0 aliphatic rings. The number of carbonyl (C=O) groups is 1. The van der Waals surface area contributed by atoms with Crippen molar-refractivity contribution < 1.29 is 4.79 Å². The Morgan fingerprint density at radius 2 is 2.05 bits per heavy atom. The molecule has 3 N–H and O–H groups in total. The van der Waals surface area contributed by atoms with E-state index in [2.05, 4.69) is 30.9 Å². The van der Waals surface area contributed by atoms with Gasteiger partial charge in [0, 0.05) is 31.7 Å². The molecule has 1 amide bonds. The van der Waals surface area contributed by atoms with Gasteiger partial charge in [-0.2, -0.15) is 4.98 Å². The van der Waals surface area contributed by atoms with E-state index < -0.39 is 0 Å². The Morgan fingerprint density at radius 1 is 1.25 bits per heavy atom. The van der Waals surface area contributed by atoms with Gasteiger partial charge in [0.25, 0.3) is 5.91 Å². The van der Waals surface area contributed by atoms with Crippen molar-refractivity contribution in [1.82, 2.24) is 20.3 Å². The summed E-state index contributed by atoms with van der Waals surface area (Å²) in [5, 5.41) is 8.67. The number of nitrogens with zero attached hydrogens (tertiary/aromatic N) is 3. The summed E-state index contributed by atoms with van der Waals surface area (Å²) in [6.07, 6.45) is 3.21. The van der Waals surface area contributed by atoms with Crippen LogP contribution >= 0.6 is 0 Å². The summed E-state index contributed by atoms with van der Waals surface area (Å²) in [6, 6.07) is 5.16. The van der Waals surface area contributed by atoms with Crippen LogP contribution in [0.1, 0.15) is 17.4 Å². The van der Waals surface area contributed by atoms with Crippen molar-refractivity contribution in [3.8, 4) is 0 Å². The van der Waals surface area contributed by atoms with Crippen LogP contribution in [0.15, 0.2) is 30.6 Å². The Labute approximate surface area is 116 Å². The molecule has 2 aromatic rings. The molecule has 104 valence electrons. The Hall–Kier alpha value is -2.70. The molecule has 7 heteroatoms. The molecular weight excluding hydrogens is 256 g/mol. The van der Waals surface area contributed by atoms with Crippen LogP contribution in [0.2, 0.25) is 0 Å². The first-order valence-corrected chi connectivity index (χ1v) is 6.25. The first kappa shape index (κ1) is 13.7. The smallest absolute Gasteiger partial charge is 0.269 e. The van der Waals surface area contributed by atoms with Gasteiger partial charge in [0.1, 0.15) is 11.5 Å². The molecule has 20 heavy (non-hydrogen) atoms. The van der Waals surface area contributed by atoms with Crippen LogP contribution in [-0.2, 0) is 0 Å². The van der Waals surface area contributed by atoms with Crippen LogP contribution < -0.4 is 16.0 Å². The van der Waals surface area contributed by atoms with Crippen molar-refractivity contribution in [3.05, 3.63) is 36.3 Å². The van der Waals surface area contributed by atoms with Crippen LogP contribution in [0, 0.1) is 0 Å². The number of carbonyl (C=O) groups excluding carboxylic acids is 1. The maximum atomic E-state index is 11.7. The van der Waals surface area contributed by atoms with Crippen molar-refractivity contribution in [2.75, 3.05) is 24.2 Å².